The average molecular weight is 323 g/mol. The van der Waals surface area contributed by atoms with E-state index in [9.17, 15) is 9.90 Å². The van der Waals surface area contributed by atoms with Gasteiger partial charge in [0.25, 0.3) is 0 Å². The van der Waals surface area contributed by atoms with Crippen molar-refractivity contribution >= 4 is 32.7 Å². The fourth-order valence-corrected chi connectivity index (χ4v) is 2.64. The second-order valence-corrected chi connectivity index (χ2v) is 6.44. The summed E-state index contributed by atoms with van der Waals surface area (Å²) in [6.45, 7) is 5.01. The number of carbonyl (C=O) groups excluding carboxylic acids is 1. The maximum Gasteiger partial charge on any atom is 0.321 e. The number of benzene rings is 1. The lowest BCUT2D eigenvalue weighted by Crippen LogP contribution is -2.37. The van der Waals surface area contributed by atoms with Gasteiger partial charge in [-0.15, -0.1) is 0 Å². The molecular weight excluding hydrogens is 302 g/mol. The SMILES string of the molecule is CC(C)COC[C@@H](O)CNC(=O)Nc1nc2ccccc2s1. The van der Waals surface area contributed by atoms with E-state index in [1.165, 1.54) is 11.3 Å². The summed E-state index contributed by atoms with van der Waals surface area (Å²) in [7, 11) is 0. The number of thiazole rings is 1. The van der Waals surface area contributed by atoms with Gasteiger partial charge in [-0.1, -0.05) is 37.3 Å². The van der Waals surface area contributed by atoms with E-state index in [4.69, 9.17) is 4.74 Å². The van der Waals surface area contributed by atoms with Crippen molar-refractivity contribution < 1.29 is 14.6 Å². The third-order valence-corrected chi connectivity index (χ3v) is 3.73. The number of urea groups is 1. The summed E-state index contributed by atoms with van der Waals surface area (Å²) in [5.41, 5.74) is 0.852. The van der Waals surface area contributed by atoms with Crippen LogP contribution < -0.4 is 10.6 Å². The second kappa shape index (κ2) is 8.07. The number of nitrogens with zero attached hydrogens (tertiary/aromatic N) is 1. The molecule has 0 saturated heterocycles. The molecule has 0 aliphatic carbocycles. The van der Waals surface area contributed by atoms with E-state index in [1.807, 2.05) is 38.1 Å². The van der Waals surface area contributed by atoms with Gasteiger partial charge in [0.15, 0.2) is 5.13 Å². The van der Waals surface area contributed by atoms with Crippen LogP contribution >= 0.6 is 11.3 Å². The lowest BCUT2D eigenvalue weighted by molar-refractivity contribution is 0.0274. The van der Waals surface area contributed by atoms with Gasteiger partial charge in [-0.3, -0.25) is 5.32 Å². The van der Waals surface area contributed by atoms with Crippen LogP contribution in [0.5, 0.6) is 0 Å². The molecular formula is C15H21N3O3S. The van der Waals surface area contributed by atoms with Gasteiger partial charge >= 0.3 is 6.03 Å². The molecule has 1 aromatic heterocycles. The van der Waals surface area contributed by atoms with Crippen molar-refractivity contribution in [3.63, 3.8) is 0 Å². The van der Waals surface area contributed by atoms with E-state index in [1.54, 1.807) is 0 Å². The molecule has 1 aromatic carbocycles. The number of hydrogen-bond donors (Lipinski definition) is 3. The van der Waals surface area contributed by atoms with Crippen LogP contribution in [-0.2, 0) is 4.74 Å². The molecule has 22 heavy (non-hydrogen) atoms. The van der Waals surface area contributed by atoms with Gasteiger partial charge in [0, 0.05) is 13.2 Å². The number of hydrogen-bond acceptors (Lipinski definition) is 5. The first-order valence-corrected chi connectivity index (χ1v) is 8.02. The van der Waals surface area contributed by atoms with Crippen LogP contribution in [0.3, 0.4) is 0 Å². The number of nitrogens with one attached hydrogen (secondary N) is 2. The molecule has 0 fully saturated rings. The first-order valence-electron chi connectivity index (χ1n) is 7.21. The van der Waals surface area contributed by atoms with Crippen molar-refractivity contribution in [2.45, 2.75) is 20.0 Å². The molecule has 120 valence electrons. The van der Waals surface area contributed by atoms with Crippen LogP contribution in [0.25, 0.3) is 10.2 Å². The number of aliphatic hydroxyl groups excluding tert-OH is 1. The molecule has 7 heteroatoms. The Bertz CT molecular complexity index is 582. The highest BCUT2D eigenvalue weighted by atomic mass is 32.1. The molecule has 0 saturated carbocycles. The third-order valence-electron chi connectivity index (χ3n) is 2.77. The van der Waals surface area contributed by atoms with Crippen LogP contribution in [0.1, 0.15) is 13.8 Å². The molecule has 2 aromatic rings. The van der Waals surface area contributed by atoms with Crippen LogP contribution in [0, 0.1) is 5.92 Å². The molecule has 0 aliphatic rings. The number of carbonyl (C=O) groups is 1. The zero-order valence-corrected chi connectivity index (χ0v) is 13.5. The maximum absolute atomic E-state index is 11.8. The molecule has 2 rings (SSSR count). The third kappa shape index (κ3) is 5.25. The van der Waals surface area contributed by atoms with Crippen molar-refractivity contribution in [3.05, 3.63) is 24.3 Å². The lowest BCUT2D eigenvalue weighted by Gasteiger charge is -2.13. The minimum atomic E-state index is -0.722. The van der Waals surface area contributed by atoms with Crippen LogP contribution in [0.4, 0.5) is 9.93 Å². The van der Waals surface area contributed by atoms with Gasteiger partial charge in [0.1, 0.15) is 0 Å². The zero-order chi connectivity index (χ0) is 15.9. The number of fused-ring (bicyclic) bond motifs is 1. The van der Waals surface area contributed by atoms with Crippen molar-refractivity contribution in [2.24, 2.45) is 5.92 Å². The van der Waals surface area contributed by atoms with Gasteiger partial charge in [0.2, 0.25) is 0 Å². The Morgan fingerprint density at radius 3 is 2.86 bits per heavy atom. The van der Waals surface area contributed by atoms with Gasteiger partial charge in [-0.2, -0.15) is 0 Å². The standard InChI is InChI=1S/C15H21N3O3S/c1-10(2)8-21-9-11(19)7-16-14(20)18-15-17-12-5-3-4-6-13(12)22-15/h3-6,10-11,19H,7-9H2,1-2H3,(H2,16,17,18,20)/t11-/m0/s1. The Labute approximate surface area is 133 Å². The minimum absolute atomic E-state index is 0.134. The Morgan fingerprint density at radius 2 is 2.14 bits per heavy atom. The van der Waals surface area contributed by atoms with E-state index in [-0.39, 0.29) is 19.2 Å². The molecule has 0 radical (unpaired) electrons. The number of ether oxygens (including phenoxy) is 1. The molecule has 1 heterocycles. The topological polar surface area (TPSA) is 83.5 Å². The summed E-state index contributed by atoms with van der Waals surface area (Å²) < 4.78 is 6.33. The summed E-state index contributed by atoms with van der Waals surface area (Å²) >= 11 is 1.41. The number of aromatic nitrogens is 1. The summed E-state index contributed by atoms with van der Waals surface area (Å²) in [6, 6.07) is 7.29. The molecule has 0 bridgehead atoms. The van der Waals surface area contributed by atoms with E-state index >= 15 is 0 Å². The fourth-order valence-electron chi connectivity index (χ4n) is 1.78. The Balaban J connectivity index is 1.73. The Morgan fingerprint density at radius 1 is 1.36 bits per heavy atom. The van der Waals surface area contributed by atoms with Crippen molar-refractivity contribution in [3.8, 4) is 0 Å². The summed E-state index contributed by atoms with van der Waals surface area (Å²) in [6.07, 6.45) is -0.722. The van der Waals surface area contributed by atoms with Crippen molar-refractivity contribution in [1.82, 2.24) is 10.3 Å². The second-order valence-electron chi connectivity index (χ2n) is 5.41. The summed E-state index contributed by atoms with van der Waals surface area (Å²) in [5, 5.41) is 15.5. The highest BCUT2D eigenvalue weighted by Gasteiger charge is 2.10. The van der Waals surface area contributed by atoms with Gasteiger partial charge in [0.05, 0.1) is 22.9 Å². The monoisotopic (exact) mass is 323 g/mol. The predicted octanol–water partition coefficient (Wildman–Crippen LogP) is 2.45. The first kappa shape index (κ1) is 16.7. The van der Waals surface area contributed by atoms with Crippen molar-refractivity contribution in [1.29, 1.82) is 0 Å². The van der Waals surface area contributed by atoms with E-state index in [0.717, 1.165) is 10.2 Å². The summed E-state index contributed by atoms with van der Waals surface area (Å²) in [4.78, 5) is 16.1. The molecule has 6 nitrogen and oxygen atoms in total. The predicted molar refractivity (Wildman–Crippen MR) is 88.3 cm³/mol. The zero-order valence-electron chi connectivity index (χ0n) is 12.7. The highest BCUT2D eigenvalue weighted by molar-refractivity contribution is 7.22. The highest BCUT2D eigenvalue weighted by Crippen LogP contribution is 2.25. The Kier molecular flexibility index (Phi) is 6.11. The largest absolute Gasteiger partial charge is 0.389 e. The van der Waals surface area contributed by atoms with Crippen LogP contribution in [0.2, 0.25) is 0 Å². The molecule has 1 atom stereocenters. The average Bonchev–Trinajstić information content (AvgIpc) is 2.86. The maximum atomic E-state index is 11.8. The van der Waals surface area contributed by atoms with Crippen LogP contribution in [-0.4, -0.2) is 42.0 Å². The smallest absolute Gasteiger partial charge is 0.321 e. The van der Waals surface area contributed by atoms with E-state index < -0.39 is 6.10 Å². The van der Waals surface area contributed by atoms with E-state index in [0.29, 0.717) is 17.7 Å². The van der Waals surface area contributed by atoms with Gasteiger partial charge in [-0.05, 0) is 18.1 Å². The molecule has 2 amide bonds. The molecule has 0 aliphatic heterocycles. The summed E-state index contributed by atoms with van der Waals surface area (Å²) in [5.74, 6) is 0.419. The number of aliphatic hydroxyl groups is 1. The first-order chi connectivity index (χ1) is 10.5. The number of amides is 2. The number of para-hydroxylation sites is 1. The normalized spacial score (nSPS) is 12.5. The number of rotatable bonds is 7. The van der Waals surface area contributed by atoms with Crippen LogP contribution in [0.15, 0.2) is 24.3 Å². The van der Waals surface area contributed by atoms with Gasteiger partial charge < -0.3 is 15.2 Å². The lowest BCUT2D eigenvalue weighted by atomic mass is 10.2. The Hall–Kier alpha value is -1.70. The fraction of sp³-hybridized carbons (Fsp3) is 0.467. The molecule has 0 spiro atoms. The quantitative estimate of drug-likeness (QED) is 0.731. The molecule has 3 N–H and O–H groups in total. The molecule has 0 unspecified atom stereocenters. The number of anilines is 1. The van der Waals surface area contributed by atoms with Gasteiger partial charge in [-0.25, -0.2) is 9.78 Å². The minimum Gasteiger partial charge on any atom is -0.389 e. The van der Waals surface area contributed by atoms with E-state index in [2.05, 4.69) is 15.6 Å². The van der Waals surface area contributed by atoms with Crippen molar-refractivity contribution in [2.75, 3.05) is 25.1 Å².